The predicted octanol–water partition coefficient (Wildman–Crippen LogP) is 5.55. The zero-order chi connectivity index (χ0) is 20.1. The normalized spacial score (nSPS) is 11.0. The van der Waals surface area contributed by atoms with Gasteiger partial charge < -0.3 is 10.1 Å². The largest absolute Gasteiger partial charge is 0.497 e. The number of carbonyl (C=O) groups is 1. The van der Waals surface area contributed by atoms with Crippen molar-refractivity contribution in [3.63, 3.8) is 0 Å². The van der Waals surface area contributed by atoms with E-state index in [1.54, 1.807) is 36.2 Å². The summed E-state index contributed by atoms with van der Waals surface area (Å²) < 4.78 is 6.70. The fourth-order valence-corrected chi connectivity index (χ4v) is 3.10. The van der Waals surface area contributed by atoms with Gasteiger partial charge in [-0.2, -0.15) is 5.10 Å². The molecule has 0 saturated carbocycles. The summed E-state index contributed by atoms with van der Waals surface area (Å²) in [5.41, 5.74) is 1.70. The Balaban J connectivity index is 1.65. The van der Waals surface area contributed by atoms with Crippen molar-refractivity contribution < 1.29 is 9.53 Å². The van der Waals surface area contributed by atoms with E-state index in [9.17, 15) is 4.79 Å². The van der Waals surface area contributed by atoms with Crippen molar-refractivity contribution in [1.82, 2.24) is 9.78 Å². The van der Waals surface area contributed by atoms with Crippen LogP contribution in [0.25, 0.3) is 6.08 Å². The summed E-state index contributed by atoms with van der Waals surface area (Å²) in [5.74, 6) is 0.684. The maximum Gasteiger partial charge on any atom is 0.249 e. The van der Waals surface area contributed by atoms with E-state index in [1.165, 1.54) is 6.08 Å². The van der Waals surface area contributed by atoms with Gasteiger partial charge in [0, 0.05) is 22.3 Å². The van der Waals surface area contributed by atoms with Crippen LogP contribution in [0.5, 0.6) is 5.75 Å². The molecule has 0 aliphatic carbocycles. The fourth-order valence-electron chi connectivity index (χ4n) is 2.43. The van der Waals surface area contributed by atoms with Gasteiger partial charge in [-0.05, 0) is 41.5 Å². The van der Waals surface area contributed by atoms with E-state index in [2.05, 4.69) is 10.4 Å². The zero-order valence-corrected chi connectivity index (χ0v) is 17.1. The van der Waals surface area contributed by atoms with Crippen LogP contribution in [0.3, 0.4) is 0 Å². The number of aromatic nitrogens is 2. The highest BCUT2D eigenvalue weighted by atomic mass is 35.5. The van der Waals surface area contributed by atoms with Crippen LogP contribution >= 0.6 is 34.8 Å². The summed E-state index contributed by atoms with van der Waals surface area (Å²) in [6.45, 7) is 0.396. The molecule has 0 saturated heterocycles. The molecule has 0 spiro atoms. The van der Waals surface area contributed by atoms with Crippen LogP contribution in [0.2, 0.25) is 15.1 Å². The molecule has 144 valence electrons. The third kappa shape index (κ3) is 5.29. The first-order chi connectivity index (χ1) is 13.4. The molecule has 0 aliphatic heterocycles. The van der Waals surface area contributed by atoms with E-state index in [4.69, 9.17) is 39.5 Å². The van der Waals surface area contributed by atoms with Gasteiger partial charge in [0.05, 0.1) is 13.7 Å². The number of hydrogen-bond donors (Lipinski definition) is 1. The summed E-state index contributed by atoms with van der Waals surface area (Å²) in [6.07, 6.45) is 4.72. The summed E-state index contributed by atoms with van der Waals surface area (Å²) in [7, 11) is 1.60. The topological polar surface area (TPSA) is 56.1 Å². The SMILES string of the molecule is COc1ccc(/C=C/C(=O)Nc2nn(Cc3ccc(Cl)cc3Cl)cc2Cl)cc1. The van der Waals surface area contributed by atoms with Crippen LogP contribution < -0.4 is 10.1 Å². The lowest BCUT2D eigenvalue weighted by Crippen LogP contribution is -2.09. The van der Waals surface area contributed by atoms with E-state index in [0.717, 1.165) is 16.9 Å². The number of amides is 1. The van der Waals surface area contributed by atoms with Gasteiger partial charge in [-0.1, -0.05) is 53.0 Å². The number of rotatable bonds is 6. The molecule has 5 nitrogen and oxygen atoms in total. The highest BCUT2D eigenvalue weighted by molar-refractivity contribution is 6.35. The second-order valence-electron chi connectivity index (χ2n) is 5.85. The van der Waals surface area contributed by atoms with Gasteiger partial charge in [0.2, 0.25) is 5.91 Å². The van der Waals surface area contributed by atoms with Gasteiger partial charge in [0.25, 0.3) is 0 Å². The van der Waals surface area contributed by atoms with Crippen LogP contribution in [-0.2, 0) is 11.3 Å². The number of anilines is 1. The van der Waals surface area contributed by atoms with Crippen LogP contribution in [0.15, 0.2) is 54.7 Å². The van der Waals surface area contributed by atoms with E-state index < -0.39 is 0 Å². The number of nitrogens with one attached hydrogen (secondary N) is 1. The summed E-state index contributed by atoms with van der Waals surface area (Å²) in [6, 6.07) is 12.6. The van der Waals surface area contributed by atoms with Crippen molar-refractivity contribution in [2.75, 3.05) is 12.4 Å². The number of carbonyl (C=O) groups excluding carboxylic acids is 1. The highest BCUT2D eigenvalue weighted by Crippen LogP contribution is 2.24. The standard InChI is InChI=1S/C20H16Cl3N3O2/c1-28-16-7-2-13(3-8-16)4-9-19(27)24-20-18(23)12-26(25-20)11-14-5-6-15(21)10-17(14)22/h2-10,12H,11H2,1H3,(H,24,25,27)/b9-4+. The van der Waals surface area contributed by atoms with E-state index in [0.29, 0.717) is 21.6 Å². The number of halogens is 3. The Bertz CT molecular complexity index is 1010. The van der Waals surface area contributed by atoms with E-state index >= 15 is 0 Å². The summed E-state index contributed by atoms with van der Waals surface area (Å²) in [4.78, 5) is 12.2. The lowest BCUT2D eigenvalue weighted by atomic mass is 10.2. The Morgan fingerprint density at radius 2 is 1.89 bits per heavy atom. The third-order valence-electron chi connectivity index (χ3n) is 3.85. The summed E-state index contributed by atoms with van der Waals surface area (Å²) >= 11 is 18.3. The van der Waals surface area contributed by atoms with Crippen molar-refractivity contribution in [3.8, 4) is 5.75 Å². The van der Waals surface area contributed by atoms with Crippen LogP contribution in [-0.4, -0.2) is 22.8 Å². The third-order valence-corrected chi connectivity index (χ3v) is 4.71. The van der Waals surface area contributed by atoms with Crippen molar-refractivity contribution in [2.24, 2.45) is 0 Å². The molecule has 0 aliphatic rings. The highest BCUT2D eigenvalue weighted by Gasteiger charge is 2.11. The van der Waals surface area contributed by atoms with Crippen molar-refractivity contribution in [2.45, 2.75) is 6.54 Å². The number of benzene rings is 2. The molecule has 3 rings (SSSR count). The molecular weight excluding hydrogens is 421 g/mol. The molecule has 1 N–H and O–H groups in total. The van der Waals surface area contributed by atoms with E-state index in [-0.39, 0.29) is 11.7 Å². The van der Waals surface area contributed by atoms with Crippen molar-refractivity contribution in [1.29, 1.82) is 0 Å². The Labute approximate surface area is 177 Å². The van der Waals surface area contributed by atoms with Gasteiger partial charge in [0.1, 0.15) is 10.8 Å². The first-order valence-electron chi connectivity index (χ1n) is 8.24. The second kappa shape index (κ2) is 9.15. The number of hydrogen-bond acceptors (Lipinski definition) is 3. The molecule has 2 aromatic carbocycles. The second-order valence-corrected chi connectivity index (χ2v) is 7.11. The molecule has 0 atom stereocenters. The minimum absolute atomic E-state index is 0.274. The molecule has 1 amide bonds. The van der Waals surface area contributed by atoms with Crippen molar-refractivity contribution in [3.05, 3.63) is 80.9 Å². The van der Waals surface area contributed by atoms with E-state index in [1.807, 2.05) is 30.3 Å². The maximum absolute atomic E-state index is 12.2. The van der Waals surface area contributed by atoms with Gasteiger partial charge >= 0.3 is 0 Å². The summed E-state index contributed by atoms with van der Waals surface area (Å²) in [5, 5.41) is 8.38. The molecule has 0 unspecified atom stereocenters. The van der Waals surface area contributed by atoms with Crippen LogP contribution in [0.1, 0.15) is 11.1 Å². The van der Waals surface area contributed by atoms with Gasteiger partial charge in [-0.3, -0.25) is 9.48 Å². The average molecular weight is 437 g/mol. The molecule has 1 aromatic heterocycles. The molecule has 0 bridgehead atoms. The average Bonchev–Trinajstić information content (AvgIpc) is 3.01. The fraction of sp³-hybridized carbons (Fsp3) is 0.100. The maximum atomic E-state index is 12.2. The smallest absolute Gasteiger partial charge is 0.249 e. The predicted molar refractivity (Wildman–Crippen MR) is 113 cm³/mol. The Morgan fingerprint density at radius 1 is 1.14 bits per heavy atom. The molecule has 8 heteroatoms. The quantitative estimate of drug-likeness (QED) is 0.515. The molecule has 3 aromatic rings. The van der Waals surface area contributed by atoms with Gasteiger partial charge in [0.15, 0.2) is 5.82 Å². The van der Waals surface area contributed by atoms with Crippen molar-refractivity contribution >= 4 is 52.6 Å². The number of methoxy groups -OCH3 is 1. The first kappa shape index (κ1) is 20.3. The molecule has 1 heterocycles. The minimum atomic E-state index is -0.340. The monoisotopic (exact) mass is 435 g/mol. The number of nitrogens with zero attached hydrogens (tertiary/aromatic N) is 2. The Hall–Kier alpha value is -2.47. The molecule has 0 radical (unpaired) electrons. The molecule has 28 heavy (non-hydrogen) atoms. The first-order valence-corrected chi connectivity index (χ1v) is 9.38. The lowest BCUT2D eigenvalue weighted by Gasteiger charge is -2.05. The Kier molecular flexibility index (Phi) is 6.62. The molecule has 0 fully saturated rings. The lowest BCUT2D eigenvalue weighted by molar-refractivity contribution is -0.111. The van der Waals surface area contributed by atoms with Crippen LogP contribution in [0, 0.1) is 0 Å². The zero-order valence-electron chi connectivity index (χ0n) is 14.8. The van der Waals surface area contributed by atoms with Gasteiger partial charge in [-0.15, -0.1) is 0 Å². The van der Waals surface area contributed by atoms with Gasteiger partial charge in [-0.25, -0.2) is 0 Å². The minimum Gasteiger partial charge on any atom is -0.497 e. The molecular formula is C20H16Cl3N3O2. The number of ether oxygens (including phenoxy) is 1. The Morgan fingerprint density at radius 3 is 2.57 bits per heavy atom. The van der Waals surface area contributed by atoms with Crippen LogP contribution in [0.4, 0.5) is 5.82 Å².